The van der Waals surface area contributed by atoms with E-state index in [1.54, 1.807) is 5.57 Å². The standard InChI is InChI=1S/C28H36O6/c1-7-22(29-13-25-16-32-25)8-2-19(1)28(20-3-9-23(10-4-20)30-14-26-17-33-26)21-5-11-24(12-6-21)31-15-27-18-34-27/h1,3,5,7-9,19,24-28H,2,4,6,10-18H2. The van der Waals surface area contributed by atoms with Crippen molar-refractivity contribution in [3.8, 4) is 0 Å². The van der Waals surface area contributed by atoms with Crippen molar-refractivity contribution in [2.24, 2.45) is 11.8 Å². The van der Waals surface area contributed by atoms with E-state index >= 15 is 0 Å². The second-order valence-electron chi connectivity index (χ2n) is 10.2. The molecule has 0 aromatic carbocycles. The monoisotopic (exact) mass is 468 g/mol. The van der Waals surface area contributed by atoms with Crippen molar-refractivity contribution in [1.29, 1.82) is 0 Å². The molecule has 6 nitrogen and oxygen atoms in total. The number of rotatable bonds is 12. The number of allylic oxidation sites excluding steroid dienone is 8. The van der Waals surface area contributed by atoms with Crippen molar-refractivity contribution in [3.05, 3.63) is 59.1 Å². The van der Waals surface area contributed by atoms with E-state index in [0.717, 1.165) is 76.5 Å². The van der Waals surface area contributed by atoms with Crippen LogP contribution in [0.4, 0.5) is 0 Å². The summed E-state index contributed by atoms with van der Waals surface area (Å²) in [6.07, 6.45) is 21.2. The van der Waals surface area contributed by atoms with Gasteiger partial charge in [-0.1, -0.05) is 29.4 Å². The van der Waals surface area contributed by atoms with E-state index in [9.17, 15) is 0 Å². The maximum absolute atomic E-state index is 6.09. The summed E-state index contributed by atoms with van der Waals surface area (Å²) >= 11 is 0. The van der Waals surface area contributed by atoms with Gasteiger partial charge >= 0.3 is 0 Å². The van der Waals surface area contributed by atoms with Crippen molar-refractivity contribution in [2.45, 2.75) is 62.9 Å². The van der Waals surface area contributed by atoms with Crippen LogP contribution in [0.15, 0.2) is 59.1 Å². The zero-order valence-electron chi connectivity index (χ0n) is 19.9. The van der Waals surface area contributed by atoms with E-state index in [-0.39, 0.29) is 6.10 Å². The molecule has 3 heterocycles. The van der Waals surface area contributed by atoms with Gasteiger partial charge in [0.2, 0.25) is 0 Å². The summed E-state index contributed by atoms with van der Waals surface area (Å²) in [7, 11) is 0. The van der Waals surface area contributed by atoms with Gasteiger partial charge in [0.15, 0.2) is 0 Å². The Labute approximate surface area is 202 Å². The molecule has 0 spiro atoms. The highest BCUT2D eigenvalue weighted by molar-refractivity contribution is 5.34. The topological polar surface area (TPSA) is 65.3 Å². The highest BCUT2D eigenvalue weighted by Crippen LogP contribution is 2.42. The van der Waals surface area contributed by atoms with Gasteiger partial charge in [0.25, 0.3) is 0 Å². The average Bonchev–Trinajstić information content (AvgIpc) is 3.73. The number of epoxide rings is 3. The third-order valence-electron chi connectivity index (χ3n) is 7.48. The maximum Gasteiger partial charge on any atom is 0.117 e. The number of ether oxygens (including phenoxy) is 6. The minimum Gasteiger partial charge on any atom is -0.495 e. The van der Waals surface area contributed by atoms with Crippen molar-refractivity contribution >= 4 is 0 Å². The average molecular weight is 469 g/mol. The minimum absolute atomic E-state index is 0.288. The molecular formula is C28H36O6. The van der Waals surface area contributed by atoms with Crippen LogP contribution in [-0.2, 0) is 28.4 Å². The summed E-state index contributed by atoms with van der Waals surface area (Å²) < 4.78 is 33.8. The molecule has 6 rings (SSSR count). The number of hydrogen-bond donors (Lipinski definition) is 0. The van der Waals surface area contributed by atoms with E-state index in [1.807, 2.05) is 0 Å². The Hall–Kier alpha value is -1.86. The van der Waals surface area contributed by atoms with Crippen LogP contribution in [0, 0.1) is 11.8 Å². The SMILES string of the molecule is C1=CC(C(C2=CC=C(OCC3CO3)CC2)C2=CCC(OCC3CO3)CC2)CC=C1OCC1CO1. The predicted octanol–water partition coefficient (Wildman–Crippen LogP) is 4.39. The fraction of sp³-hybridized carbons (Fsp3) is 0.643. The molecule has 0 N–H and O–H groups in total. The Morgan fingerprint density at radius 1 is 0.794 bits per heavy atom. The van der Waals surface area contributed by atoms with Crippen LogP contribution in [-0.4, -0.2) is 64.1 Å². The van der Waals surface area contributed by atoms with Gasteiger partial charge in [0, 0.05) is 12.3 Å². The lowest BCUT2D eigenvalue weighted by Crippen LogP contribution is -2.25. The molecule has 6 heteroatoms. The van der Waals surface area contributed by atoms with E-state index in [2.05, 4.69) is 36.5 Å². The first-order valence-electron chi connectivity index (χ1n) is 13.0. The summed E-state index contributed by atoms with van der Waals surface area (Å²) in [4.78, 5) is 0. The molecule has 0 amide bonds. The van der Waals surface area contributed by atoms with Crippen molar-refractivity contribution in [2.75, 3.05) is 39.6 Å². The molecule has 0 bridgehead atoms. The lowest BCUT2D eigenvalue weighted by molar-refractivity contribution is 0.0358. The van der Waals surface area contributed by atoms with E-state index in [0.29, 0.717) is 43.4 Å². The molecule has 3 aliphatic heterocycles. The smallest absolute Gasteiger partial charge is 0.117 e. The molecule has 0 aromatic rings. The van der Waals surface area contributed by atoms with E-state index < -0.39 is 0 Å². The Kier molecular flexibility index (Phi) is 6.91. The largest absolute Gasteiger partial charge is 0.495 e. The van der Waals surface area contributed by atoms with Gasteiger partial charge in [-0.05, 0) is 56.3 Å². The van der Waals surface area contributed by atoms with Gasteiger partial charge in [0.1, 0.15) is 37.3 Å². The maximum atomic E-state index is 6.09. The summed E-state index contributed by atoms with van der Waals surface area (Å²) in [5.74, 6) is 2.95. The van der Waals surface area contributed by atoms with Gasteiger partial charge in [-0.3, -0.25) is 0 Å². The summed E-state index contributed by atoms with van der Waals surface area (Å²) in [6.45, 7) is 4.61. The molecular weight excluding hydrogens is 432 g/mol. The quantitative estimate of drug-likeness (QED) is 0.313. The lowest BCUT2D eigenvalue weighted by Gasteiger charge is -2.35. The fourth-order valence-corrected chi connectivity index (χ4v) is 5.16. The van der Waals surface area contributed by atoms with Gasteiger partial charge in [-0.25, -0.2) is 0 Å². The third kappa shape index (κ3) is 6.22. The molecule has 6 atom stereocenters. The molecule has 184 valence electrons. The molecule has 3 aliphatic carbocycles. The lowest BCUT2D eigenvalue weighted by atomic mass is 9.72. The van der Waals surface area contributed by atoms with Crippen LogP contribution >= 0.6 is 0 Å². The molecule has 34 heavy (non-hydrogen) atoms. The van der Waals surface area contributed by atoms with E-state index in [4.69, 9.17) is 28.4 Å². The number of hydrogen-bond acceptors (Lipinski definition) is 6. The summed E-state index contributed by atoms with van der Waals surface area (Å²) in [5, 5.41) is 0. The minimum atomic E-state index is 0.288. The van der Waals surface area contributed by atoms with Crippen LogP contribution in [0.1, 0.15) is 38.5 Å². The summed E-state index contributed by atoms with van der Waals surface area (Å²) in [6, 6.07) is 0. The first-order chi connectivity index (χ1) is 16.8. The predicted molar refractivity (Wildman–Crippen MR) is 127 cm³/mol. The van der Waals surface area contributed by atoms with Gasteiger partial charge < -0.3 is 28.4 Å². The molecule has 0 radical (unpaired) electrons. The Morgan fingerprint density at radius 2 is 1.56 bits per heavy atom. The second kappa shape index (κ2) is 10.4. The summed E-state index contributed by atoms with van der Waals surface area (Å²) in [5.41, 5.74) is 3.09. The highest BCUT2D eigenvalue weighted by Gasteiger charge is 2.32. The molecule has 3 saturated heterocycles. The first kappa shape index (κ1) is 22.6. The molecule has 6 aliphatic rings. The van der Waals surface area contributed by atoms with Crippen molar-refractivity contribution in [3.63, 3.8) is 0 Å². The Morgan fingerprint density at radius 3 is 2.18 bits per heavy atom. The fourth-order valence-electron chi connectivity index (χ4n) is 5.16. The van der Waals surface area contributed by atoms with Crippen LogP contribution in [0.2, 0.25) is 0 Å². The van der Waals surface area contributed by atoms with E-state index in [1.165, 1.54) is 5.57 Å². The molecule has 0 saturated carbocycles. The molecule has 3 fully saturated rings. The molecule has 6 unspecified atom stereocenters. The Balaban J connectivity index is 1.12. The van der Waals surface area contributed by atoms with Gasteiger partial charge in [0.05, 0.1) is 38.3 Å². The van der Waals surface area contributed by atoms with Gasteiger partial charge in [-0.15, -0.1) is 0 Å². The molecule has 0 aromatic heterocycles. The van der Waals surface area contributed by atoms with Crippen LogP contribution in [0.5, 0.6) is 0 Å². The van der Waals surface area contributed by atoms with Gasteiger partial charge in [-0.2, -0.15) is 0 Å². The van der Waals surface area contributed by atoms with Crippen LogP contribution < -0.4 is 0 Å². The Bertz CT molecular complexity index is 887. The first-order valence-corrected chi connectivity index (χ1v) is 13.0. The second-order valence-corrected chi connectivity index (χ2v) is 10.2. The van der Waals surface area contributed by atoms with Crippen molar-refractivity contribution in [1.82, 2.24) is 0 Å². The normalized spacial score (nSPS) is 34.9. The highest BCUT2D eigenvalue weighted by atomic mass is 16.6. The zero-order valence-corrected chi connectivity index (χ0v) is 19.9. The van der Waals surface area contributed by atoms with Crippen molar-refractivity contribution < 1.29 is 28.4 Å². The van der Waals surface area contributed by atoms with Crippen LogP contribution in [0.3, 0.4) is 0 Å². The third-order valence-corrected chi connectivity index (χ3v) is 7.48. The zero-order chi connectivity index (χ0) is 22.7. The van der Waals surface area contributed by atoms with Crippen LogP contribution in [0.25, 0.3) is 0 Å².